The number of halogens is 1. The molecule has 0 saturated carbocycles. The molecule has 0 atom stereocenters. The number of sulfonamides is 1. The standard InChI is InChI=1S/C13H13ClN4O2S/c1-17-6-5-16-13(17)9-18(2)21(19,20)12-7-10(8-15)3-4-11(12)14/h3-7H,9H2,1-2H3. The molecule has 0 aliphatic heterocycles. The van der Waals surface area contributed by atoms with E-state index in [1.807, 2.05) is 6.07 Å². The number of nitrogens with zero attached hydrogens (tertiary/aromatic N) is 4. The van der Waals surface area contributed by atoms with Crippen molar-refractivity contribution in [3.63, 3.8) is 0 Å². The number of hydrogen-bond donors (Lipinski definition) is 0. The van der Waals surface area contributed by atoms with Gasteiger partial charge >= 0.3 is 0 Å². The van der Waals surface area contributed by atoms with Gasteiger partial charge in [-0.05, 0) is 18.2 Å². The Bertz CT molecular complexity index is 808. The summed E-state index contributed by atoms with van der Waals surface area (Å²) in [7, 11) is -0.571. The smallest absolute Gasteiger partial charge is 0.244 e. The van der Waals surface area contributed by atoms with Crippen LogP contribution < -0.4 is 0 Å². The summed E-state index contributed by atoms with van der Waals surface area (Å²) in [6, 6.07) is 6.05. The maximum Gasteiger partial charge on any atom is 0.244 e. The van der Waals surface area contributed by atoms with Crippen molar-refractivity contribution < 1.29 is 8.42 Å². The molecule has 1 heterocycles. The summed E-state index contributed by atoms with van der Waals surface area (Å²) in [6.45, 7) is 0.110. The lowest BCUT2D eigenvalue weighted by atomic mass is 10.2. The average Bonchev–Trinajstić information content (AvgIpc) is 2.84. The van der Waals surface area contributed by atoms with Crippen LogP contribution in [-0.4, -0.2) is 29.3 Å². The number of aryl methyl sites for hydroxylation is 1. The predicted molar refractivity (Wildman–Crippen MR) is 78.0 cm³/mol. The second kappa shape index (κ2) is 5.85. The molecule has 0 amide bonds. The molecule has 0 radical (unpaired) electrons. The number of aromatic nitrogens is 2. The van der Waals surface area contributed by atoms with Crippen LogP contribution in [0, 0.1) is 11.3 Å². The molecule has 1 aromatic carbocycles. The van der Waals surface area contributed by atoms with Crippen LogP contribution in [0.5, 0.6) is 0 Å². The van der Waals surface area contributed by atoms with Crippen molar-refractivity contribution in [3.05, 3.63) is 47.0 Å². The third kappa shape index (κ3) is 3.08. The third-order valence-corrected chi connectivity index (χ3v) is 5.32. The number of benzene rings is 1. The minimum Gasteiger partial charge on any atom is -0.337 e. The largest absolute Gasteiger partial charge is 0.337 e. The van der Waals surface area contributed by atoms with Gasteiger partial charge in [-0.15, -0.1) is 0 Å². The lowest BCUT2D eigenvalue weighted by Crippen LogP contribution is -2.28. The van der Waals surface area contributed by atoms with Crippen LogP contribution in [0.1, 0.15) is 11.4 Å². The van der Waals surface area contributed by atoms with Gasteiger partial charge in [-0.25, -0.2) is 13.4 Å². The van der Waals surface area contributed by atoms with E-state index in [1.165, 1.54) is 25.2 Å². The zero-order valence-electron chi connectivity index (χ0n) is 11.5. The Labute approximate surface area is 128 Å². The fourth-order valence-corrected chi connectivity index (χ4v) is 3.39. The molecule has 0 spiro atoms. The quantitative estimate of drug-likeness (QED) is 0.858. The summed E-state index contributed by atoms with van der Waals surface area (Å²) in [4.78, 5) is 4.01. The van der Waals surface area contributed by atoms with Gasteiger partial charge in [0.1, 0.15) is 10.7 Å². The highest BCUT2D eigenvalue weighted by molar-refractivity contribution is 7.89. The molecule has 2 rings (SSSR count). The van der Waals surface area contributed by atoms with Crippen molar-refractivity contribution in [3.8, 4) is 6.07 Å². The van der Waals surface area contributed by atoms with Crippen molar-refractivity contribution in [1.29, 1.82) is 5.26 Å². The van der Waals surface area contributed by atoms with Gasteiger partial charge in [-0.1, -0.05) is 11.6 Å². The average molecular weight is 325 g/mol. The third-order valence-electron chi connectivity index (χ3n) is 3.03. The maximum absolute atomic E-state index is 12.6. The van der Waals surface area contributed by atoms with Crippen molar-refractivity contribution in [2.45, 2.75) is 11.4 Å². The van der Waals surface area contributed by atoms with E-state index in [0.29, 0.717) is 5.82 Å². The van der Waals surface area contributed by atoms with E-state index in [0.717, 1.165) is 4.31 Å². The van der Waals surface area contributed by atoms with Crippen LogP contribution >= 0.6 is 11.6 Å². The molecular formula is C13H13ClN4O2S. The van der Waals surface area contributed by atoms with Crippen molar-refractivity contribution in [2.24, 2.45) is 7.05 Å². The first kappa shape index (κ1) is 15.5. The van der Waals surface area contributed by atoms with E-state index in [-0.39, 0.29) is 22.0 Å². The first-order valence-corrected chi connectivity index (χ1v) is 7.80. The second-order valence-corrected chi connectivity index (χ2v) is 6.89. The molecule has 0 aliphatic rings. The lowest BCUT2D eigenvalue weighted by molar-refractivity contribution is 0.451. The number of rotatable bonds is 4. The SMILES string of the molecule is CN(Cc1nccn1C)S(=O)(=O)c1cc(C#N)ccc1Cl. The van der Waals surface area contributed by atoms with E-state index in [9.17, 15) is 8.42 Å². The Hall–Kier alpha value is -1.88. The Balaban J connectivity index is 2.38. The fraction of sp³-hybridized carbons (Fsp3) is 0.231. The second-order valence-electron chi connectivity index (χ2n) is 4.47. The molecule has 2 aromatic rings. The van der Waals surface area contributed by atoms with Crippen LogP contribution in [0.25, 0.3) is 0 Å². The van der Waals surface area contributed by atoms with E-state index in [2.05, 4.69) is 4.98 Å². The maximum atomic E-state index is 12.6. The highest BCUT2D eigenvalue weighted by Crippen LogP contribution is 2.25. The van der Waals surface area contributed by atoms with E-state index in [4.69, 9.17) is 16.9 Å². The molecule has 6 nitrogen and oxygen atoms in total. The summed E-state index contributed by atoms with van der Waals surface area (Å²) < 4.78 is 28.0. The van der Waals surface area contributed by atoms with E-state index in [1.54, 1.807) is 24.0 Å². The molecule has 0 unspecified atom stereocenters. The monoisotopic (exact) mass is 324 g/mol. The topological polar surface area (TPSA) is 79.0 Å². The van der Waals surface area contributed by atoms with Crippen LogP contribution in [0.2, 0.25) is 5.02 Å². The molecule has 0 N–H and O–H groups in total. The summed E-state index contributed by atoms with van der Waals surface area (Å²) in [5.74, 6) is 0.605. The minimum atomic E-state index is -3.80. The molecule has 1 aromatic heterocycles. The number of nitriles is 1. The van der Waals surface area contributed by atoms with Crippen LogP contribution in [0.4, 0.5) is 0 Å². The molecular weight excluding hydrogens is 312 g/mol. The first-order valence-electron chi connectivity index (χ1n) is 5.98. The van der Waals surface area contributed by atoms with Crippen LogP contribution in [-0.2, 0) is 23.6 Å². The molecule has 0 fully saturated rings. The Morgan fingerprint density at radius 3 is 2.76 bits per heavy atom. The summed E-state index contributed by atoms with van der Waals surface area (Å²) in [5.41, 5.74) is 0.239. The zero-order chi connectivity index (χ0) is 15.6. The van der Waals surface area contributed by atoms with Gasteiger partial charge in [-0.3, -0.25) is 0 Å². The molecule has 8 heteroatoms. The van der Waals surface area contributed by atoms with Crippen LogP contribution in [0.15, 0.2) is 35.5 Å². The van der Waals surface area contributed by atoms with Gasteiger partial charge in [0.25, 0.3) is 0 Å². The number of hydrogen-bond acceptors (Lipinski definition) is 4. The highest BCUT2D eigenvalue weighted by atomic mass is 35.5. The zero-order valence-corrected chi connectivity index (χ0v) is 13.1. The summed E-state index contributed by atoms with van der Waals surface area (Å²) >= 11 is 5.96. The highest BCUT2D eigenvalue weighted by Gasteiger charge is 2.25. The minimum absolute atomic E-state index is 0.0834. The van der Waals surface area contributed by atoms with Gasteiger partial charge in [0.05, 0.1) is 23.2 Å². The van der Waals surface area contributed by atoms with Gasteiger partial charge in [0, 0.05) is 26.5 Å². The first-order chi connectivity index (χ1) is 9.86. The van der Waals surface area contributed by atoms with E-state index >= 15 is 0 Å². The van der Waals surface area contributed by atoms with Gasteiger partial charge in [0.15, 0.2) is 0 Å². The number of imidazole rings is 1. The Morgan fingerprint density at radius 1 is 1.48 bits per heavy atom. The molecule has 0 bridgehead atoms. The predicted octanol–water partition coefficient (Wildman–Crippen LogP) is 1.77. The van der Waals surface area contributed by atoms with Crippen molar-refractivity contribution >= 4 is 21.6 Å². The van der Waals surface area contributed by atoms with Crippen molar-refractivity contribution in [1.82, 2.24) is 13.9 Å². The van der Waals surface area contributed by atoms with Crippen LogP contribution in [0.3, 0.4) is 0 Å². The molecule has 0 saturated heterocycles. The van der Waals surface area contributed by atoms with E-state index < -0.39 is 10.0 Å². The van der Waals surface area contributed by atoms with Gasteiger partial charge in [0.2, 0.25) is 10.0 Å². The Kier molecular flexibility index (Phi) is 4.32. The van der Waals surface area contributed by atoms with Crippen molar-refractivity contribution in [2.75, 3.05) is 7.05 Å². The molecule has 21 heavy (non-hydrogen) atoms. The molecule has 110 valence electrons. The Morgan fingerprint density at radius 2 is 2.19 bits per heavy atom. The normalized spacial score (nSPS) is 11.6. The van der Waals surface area contributed by atoms with Gasteiger partial charge in [-0.2, -0.15) is 9.57 Å². The lowest BCUT2D eigenvalue weighted by Gasteiger charge is -2.17. The summed E-state index contributed by atoms with van der Waals surface area (Å²) in [6.07, 6.45) is 3.33. The summed E-state index contributed by atoms with van der Waals surface area (Å²) in [5, 5.41) is 8.97. The molecule has 0 aliphatic carbocycles. The van der Waals surface area contributed by atoms with Gasteiger partial charge < -0.3 is 4.57 Å². The fourth-order valence-electron chi connectivity index (χ4n) is 1.77.